The number of nitrogens with zero attached hydrogens (tertiary/aromatic N) is 1. The van der Waals surface area contributed by atoms with E-state index in [-0.39, 0.29) is 0 Å². The summed E-state index contributed by atoms with van der Waals surface area (Å²) in [5.41, 5.74) is 0. The molecule has 0 aliphatic carbocycles. The van der Waals surface area contributed by atoms with Gasteiger partial charge in [0.2, 0.25) is 0 Å². The Morgan fingerprint density at radius 2 is 2.14 bits per heavy atom. The summed E-state index contributed by atoms with van der Waals surface area (Å²) in [5, 5.41) is 3.40. The average molecular weight is 261 g/mol. The van der Waals surface area contributed by atoms with E-state index in [4.69, 9.17) is 0 Å². The van der Waals surface area contributed by atoms with Crippen molar-refractivity contribution in [2.75, 3.05) is 26.2 Å². The lowest BCUT2D eigenvalue weighted by atomic mass is 10.0. The van der Waals surface area contributed by atoms with Crippen molar-refractivity contribution in [2.45, 2.75) is 32.2 Å². The van der Waals surface area contributed by atoms with Crippen molar-refractivity contribution in [3.63, 3.8) is 0 Å². The summed E-state index contributed by atoms with van der Waals surface area (Å²) in [4.78, 5) is 2.55. The zero-order valence-corrected chi connectivity index (χ0v) is 10.6. The monoisotopic (exact) mass is 260 g/mol. The smallest absolute Gasteiger partial charge is 0.0296 e. The van der Waals surface area contributed by atoms with E-state index in [0.29, 0.717) is 0 Å². The zero-order chi connectivity index (χ0) is 10.4. The van der Waals surface area contributed by atoms with Gasteiger partial charge in [-0.15, -0.1) is 0 Å². The van der Waals surface area contributed by atoms with Crippen molar-refractivity contribution < 1.29 is 0 Å². The summed E-state index contributed by atoms with van der Waals surface area (Å²) in [6.07, 6.45) is 3.78. The second-order valence-corrected chi connectivity index (χ2v) is 5.09. The second-order valence-electron chi connectivity index (χ2n) is 3.97. The van der Waals surface area contributed by atoms with E-state index in [1.54, 1.807) is 0 Å². The zero-order valence-electron chi connectivity index (χ0n) is 9.06. The SMILES string of the molecule is C=C(Br)CN(CCC)C1CCNCC1. The van der Waals surface area contributed by atoms with Crippen LogP contribution in [0.2, 0.25) is 0 Å². The minimum atomic E-state index is 0.755. The molecule has 1 N–H and O–H groups in total. The summed E-state index contributed by atoms with van der Waals surface area (Å²) in [6, 6.07) is 0.755. The number of rotatable bonds is 5. The van der Waals surface area contributed by atoms with Crippen LogP contribution in [0.5, 0.6) is 0 Å². The van der Waals surface area contributed by atoms with Crippen LogP contribution in [0.15, 0.2) is 11.1 Å². The minimum absolute atomic E-state index is 0.755. The second kappa shape index (κ2) is 6.59. The molecule has 0 aromatic rings. The fourth-order valence-electron chi connectivity index (χ4n) is 2.07. The van der Waals surface area contributed by atoms with E-state index in [2.05, 4.69) is 39.6 Å². The van der Waals surface area contributed by atoms with Crippen LogP contribution < -0.4 is 5.32 Å². The number of hydrogen-bond donors (Lipinski definition) is 1. The molecule has 0 unspecified atom stereocenters. The van der Waals surface area contributed by atoms with Crippen molar-refractivity contribution in [2.24, 2.45) is 0 Å². The first-order chi connectivity index (χ1) is 6.74. The highest BCUT2D eigenvalue weighted by atomic mass is 79.9. The van der Waals surface area contributed by atoms with E-state index in [9.17, 15) is 0 Å². The molecule has 1 rings (SSSR count). The van der Waals surface area contributed by atoms with Crippen LogP contribution in [-0.4, -0.2) is 37.1 Å². The van der Waals surface area contributed by atoms with Crippen molar-refractivity contribution in [3.05, 3.63) is 11.1 Å². The summed E-state index contributed by atoms with van der Waals surface area (Å²) in [7, 11) is 0. The van der Waals surface area contributed by atoms with Crippen LogP contribution >= 0.6 is 15.9 Å². The molecule has 1 aliphatic heterocycles. The van der Waals surface area contributed by atoms with Gasteiger partial charge in [0.05, 0.1) is 0 Å². The number of nitrogens with one attached hydrogen (secondary N) is 1. The van der Waals surface area contributed by atoms with Crippen LogP contribution in [0, 0.1) is 0 Å². The Morgan fingerprint density at radius 1 is 1.50 bits per heavy atom. The Hall–Kier alpha value is 0.140. The van der Waals surface area contributed by atoms with Gasteiger partial charge in [-0.1, -0.05) is 29.4 Å². The molecule has 0 atom stereocenters. The molecule has 1 saturated heterocycles. The van der Waals surface area contributed by atoms with Crippen molar-refractivity contribution in [1.29, 1.82) is 0 Å². The summed E-state index contributed by atoms with van der Waals surface area (Å²) >= 11 is 3.46. The molecule has 0 bridgehead atoms. The average Bonchev–Trinajstić information content (AvgIpc) is 2.18. The Kier molecular flexibility index (Phi) is 5.75. The van der Waals surface area contributed by atoms with Crippen LogP contribution in [0.1, 0.15) is 26.2 Å². The Balaban J connectivity index is 2.42. The first-order valence-corrected chi connectivity index (χ1v) is 6.31. The molecule has 1 aliphatic rings. The molecule has 0 radical (unpaired) electrons. The molecule has 3 heteroatoms. The molecule has 2 nitrogen and oxygen atoms in total. The molecular formula is C11H21BrN2. The highest BCUT2D eigenvalue weighted by Gasteiger charge is 2.19. The lowest BCUT2D eigenvalue weighted by molar-refractivity contribution is 0.178. The number of hydrogen-bond acceptors (Lipinski definition) is 2. The molecule has 82 valence electrons. The molecule has 14 heavy (non-hydrogen) atoms. The van der Waals surface area contributed by atoms with Gasteiger partial charge in [-0.05, 0) is 38.9 Å². The van der Waals surface area contributed by atoms with Crippen molar-refractivity contribution >= 4 is 15.9 Å². The highest BCUT2D eigenvalue weighted by molar-refractivity contribution is 9.11. The molecule has 0 saturated carbocycles. The molecule has 0 aromatic heterocycles. The predicted molar refractivity (Wildman–Crippen MR) is 65.8 cm³/mol. The Labute approximate surface area is 95.9 Å². The van der Waals surface area contributed by atoms with Gasteiger partial charge in [0, 0.05) is 17.1 Å². The largest absolute Gasteiger partial charge is 0.317 e. The van der Waals surface area contributed by atoms with E-state index in [0.717, 1.165) is 17.1 Å². The standard InChI is InChI=1S/C11H21BrN2/c1-3-8-14(9-10(2)12)11-4-6-13-7-5-11/h11,13H,2-9H2,1H3. The van der Waals surface area contributed by atoms with Crippen molar-refractivity contribution in [1.82, 2.24) is 10.2 Å². The summed E-state index contributed by atoms with van der Waals surface area (Å²) in [5.74, 6) is 0. The number of halogens is 1. The third-order valence-electron chi connectivity index (χ3n) is 2.71. The van der Waals surface area contributed by atoms with E-state index < -0.39 is 0 Å². The van der Waals surface area contributed by atoms with Gasteiger partial charge < -0.3 is 5.32 Å². The van der Waals surface area contributed by atoms with Gasteiger partial charge in [-0.2, -0.15) is 0 Å². The number of piperidine rings is 1. The summed E-state index contributed by atoms with van der Waals surface area (Å²) < 4.78 is 1.10. The Bertz CT molecular complexity index is 176. The Morgan fingerprint density at radius 3 is 2.64 bits per heavy atom. The molecule has 0 spiro atoms. The van der Waals surface area contributed by atoms with Gasteiger partial charge in [0.15, 0.2) is 0 Å². The van der Waals surface area contributed by atoms with E-state index in [1.165, 1.54) is 38.9 Å². The first kappa shape index (κ1) is 12.2. The third-order valence-corrected chi connectivity index (χ3v) is 2.96. The van der Waals surface area contributed by atoms with Crippen molar-refractivity contribution in [3.8, 4) is 0 Å². The maximum atomic E-state index is 3.93. The normalized spacial score (nSPS) is 18.8. The predicted octanol–water partition coefficient (Wildman–Crippen LogP) is 2.36. The van der Waals surface area contributed by atoms with Crippen LogP contribution in [0.25, 0.3) is 0 Å². The molecule has 1 fully saturated rings. The minimum Gasteiger partial charge on any atom is -0.317 e. The van der Waals surface area contributed by atoms with Gasteiger partial charge in [-0.3, -0.25) is 4.90 Å². The van der Waals surface area contributed by atoms with Crippen LogP contribution in [0.4, 0.5) is 0 Å². The van der Waals surface area contributed by atoms with Gasteiger partial charge in [0.25, 0.3) is 0 Å². The maximum absolute atomic E-state index is 3.93. The maximum Gasteiger partial charge on any atom is 0.0296 e. The quantitative estimate of drug-likeness (QED) is 0.817. The highest BCUT2D eigenvalue weighted by Crippen LogP contribution is 2.15. The molecule has 0 amide bonds. The summed E-state index contributed by atoms with van der Waals surface area (Å²) in [6.45, 7) is 10.7. The fourth-order valence-corrected chi connectivity index (χ4v) is 2.39. The van der Waals surface area contributed by atoms with Crippen LogP contribution in [0.3, 0.4) is 0 Å². The first-order valence-electron chi connectivity index (χ1n) is 5.52. The lowest BCUT2D eigenvalue weighted by Gasteiger charge is -2.34. The fraction of sp³-hybridized carbons (Fsp3) is 0.818. The van der Waals surface area contributed by atoms with E-state index >= 15 is 0 Å². The topological polar surface area (TPSA) is 15.3 Å². The molecule has 1 heterocycles. The van der Waals surface area contributed by atoms with Crippen LogP contribution in [-0.2, 0) is 0 Å². The van der Waals surface area contributed by atoms with E-state index in [1.807, 2.05) is 0 Å². The lowest BCUT2D eigenvalue weighted by Crippen LogP contribution is -2.43. The van der Waals surface area contributed by atoms with Gasteiger partial charge >= 0.3 is 0 Å². The van der Waals surface area contributed by atoms with Gasteiger partial charge in [-0.25, -0.2) is 0 Å². The molecular weight excluding hydrogens is 240 g/mol. The molecule has 0 aromatic carbocycles. The van der Waals surface area contributed by atoms with Gasteiger partial charge in [0.1, 0.15) is 0 Å². The third kappa shape index (κ3) is 4.11.